The molecular weight excluding hydrogens is 289 g/mol. The van der Waals surface area contributed by atoms with E-state index in [1.54, 1.807) is 25.2 Å². The maximum Gasteiger partial charge on any atom is 0.352 e. The van der Waals surface area contributed by atoms with Gasteiger partial charge >= 0.3 is 5.97 Å². The number of carbonyl (C=O) groups is 1. The van der Waals surface area contributed by atoms with Crippen LogP contribution in [0.4, 0.5) is 4.39 Å². The summed E-state index contributed by atoms with van der Waals surface area (Å²) in [4.78, 5) is 10.9. The highest BCUT2D eigenvalue weighted by molar-refractivity contribution is 9.10. The van der Waals surface area contributed by atoms with E-state index in [1.165, 1.54) is 16.7 Å². The summed E-state index contributed by atoms with van der Waals surface area (Å²) in [5.74, 6) is -1.42. The molecule has 0 spiro atoms. The summed E-state index contributed by atoms with van der Waals surface area (Å²) < 4.78 is 15.9. The Morgan fingerprint density at radius 2 is 2.06 bits per heavy atom. The first-order valence-corrected chi connectivity index (χ1v) is 5.64. The SMILES string of the molecule is Cn1c(C(=O)O)ccc1-c1cc(Br)ccc1F. The molecule has 5 heteroatoms. The third-order valence-electron chi connectivity index (χ3n) is 2.55. The van der Waals surface area contributed by atoms with Crippen molar-refractivity contribution in [2.45, 2.75) is 0 Å². The maximum atomic E-state index is 13.7. The molecule has 17 heavy (non-hydrogen) atoms. The maximum absolute atomic E-state index is 13.7. The van der Waals surface area contributed by atoms with Gasteiger partial charge in [-0.1, -0.05) is 15.9 Å². The van der Waals surface area contributed by atoms with Crippen LogP contribution in [0.1, 0.15) is 10.5 Å². The fourth-order valence-electron chi connectivity index (χ4n) is 1.69. The van der Waals surface area contributed by atoms with Gasteiger partial charge in [0, 0.05) is 17.1 Å². The first-order valence-electron chi connectivity index (χ1n) is 4.85. The van der Waals surface area contributed by atoms with E-state index >= 15 is 0 Å². The van der Waals surface area contributed by atoms with Gasteiger partial charge < -0.3 is 9.67 Å². The van der Waals surface area contributed by atoms with Crippen molar-refractivity contribution in [3.63, 3.8) is 0 Å². The molecule has 1 N–H and O–H groups in total. The van der Waals surface area contributed by atoms with E-state index in [0.29, 0.717) is 11.3 Å². The van der Waals surface area contributed by atoms with Crippen molar-refractivity contribution in [3.05, 3.63) is 46.3 Å². The van der Waals surface area contributed by atoms with Crippen LogP contribution in [0.15, 0.2) is 34.8 Å². The number of hydrogen-bond acceptors (Lipinski definition) is 1. The first kappa shape index (κ1) is 11.9. The number of hydrogen-bond donors (Lipinski definition) is 1. The van der Waals surface area contributed by atoms with Crippen LogP contribution in [0.3, 0.4) is 0 Å². The highest BCUT2D eigenvalue weighted by atomic mass is 79.9. The van der Waals surface area contributed by atoms with E-state index in [0.717, 1.165) is 4.47 Å². The van der Waals surface area contributed by atoms with E-state index in [1.807, 2.05) is 0 Å². The molecule has 0 bridgehead atoms. The number of aromatic carboxylic acids is 1. The molecule has 0 unspecified atom stereocenters. The number of carboxylic acids is 1. The monoisotopic (exact) mass is 297 g/mol. The van der Waals surface area contributed by atoms with Gasteiger partial charge in [0.05, 0.1) is 5.69 Å². The van der Waals surface area contributed by atoms with E-state index in [-0.39, 0.29) is 11.5 Å². The normalized spacial score (nSPS) is 10.5. The van der Waals surface area contributed by atoms with Gasteiger partial charge in [0.15, 0.2) is 0 Å². The van der Waals surface area contributed by atoms with Crippen molar-refractivity contribution >= 4 is 21.9 Å². The van der Waals surface area contributed by atoms with Crippen LogP contribution in [0.5, 0.6) is 0 Å². The molecule has 2 rings (SSSR count). The molecular formula is C12H9BrFNO2. The molecule has 1 aromatic heterocycles. The van der Waals surface area contributed by atoms with E-state index in [2.05, 4.69) is 15.9 Å². The highest BCUT2D eigenvalue weighted by Gasteiger charge is 2.14. The largest absolute Gasteiger partial charge is 0.477 e. The topological polar surface area (TPSA) is 42.2 Å². The van der Waals surface area contributed by atoms with E-state index in [4.69, 9.17) is 5.11 Å². The lowest BCUT2D eigenvalue weighted by Crippen LogP contribution is -2.05. The molecule has 0 saturated heterocycles. The lowest BCUT2D eigenvalue weighted by molar-refractivity contribution is 0.0686. The number of halogens is 2. The minimum Gasteiger partial charge on any atom is -0.477 e. The summed E-state index contributed by atoms with van der Waals surface area (Å²) in [6.45, 7) is 0. The fourth-order valence-corrected chi connectivity index (χ4v) is 2.05. The van der Waals surface area contributed by atoms with Gasteiger partial charge in [0.2, 0.25) is 0 Å². The van der Waals surface area contributed by atoms with E-state index < -0.39 is 5.97 Å². The molecule has 3 nitrogen and oxygen atoms in total. The summed E-state index contributed by atoms with van der Waals surface area (Å²) in [6.07, 6.45) is 0. The summed E-state index contributed by atoms with van der Waals surface area (Å²) in [5.41, 5.74) is 1.02. The molecule has 1 heterocycles. The molecule has 0 radical (unpaired) electrons. The number of aromatic nitrogens is 1. The van der Waals surface area contributed by atoms with Crippen LogP contribution in [0.2, 0.25) is 0 Å². The Morgan fingerprint density at radius 1 is 1.35 bits per heavy atom. The second-order valence-electron chi connectivity index (χ2n) is 3.59. The molecule has 0 amide bonds. The molecule has 1 aromatic carbocycles. The average molecular weight is 298 g/mol. The van der Waals surface area contributed by atoms with Crippen molar-refractivity contribution in [1.82, 2.24) is 4.57 Å². The number of rotatable bonds is 2. The predicted octanol–water partition coefficient (Wildman–Crippen LogP) is 3.29. The van der Waals surface area contributed by atoms with Crippen molar-refractivity contribution in [2.75, 3.05) is 0 Å². The molecule has 0 fully saturated rings. The molecule has 0 aliphatic rings. The Kier molecular flexibility index (Phi) is 3.02. The van der Waals surface area contributed by atoms with Gasteiger partial charge in [0.25, 0.3) is 0 Å². The van der Waals surface area contributed by atoms with E-state index in [9.17, 15) is 9.18 Å². The molecule has 2 aromatic rings. The third-order valence-corrected chi connectivity index (χ3v) is 3.04. The van der Waals surface area contributed by atoms with Crippen LogP contribution < -0.4 is 0 Å². The minimum absolute atomic E-state index is 0.124. The number of carboxylic acid groups (broad SMARTS) is 1. The van der Waals surface area contributed by atoms with Gasteiger partial charge in [-0.2, -0.15) is 0 Å². The summed E-state index contributed by atoms with van der Waals surface area (Å²) in [7, 11) is 1.60. The van der Waals surface area contributed by atoms with Gasteiger partial charge in [-0.3, -0.25) is 0 Å². The smallest absolute Gasteiger partial charge is 0.352 e. The van der Waals surface area contributed by atoms with Crippen LogP contribution in [0, 0.1) is 5.82 Å². The van der Waals surface area contributed by atoms with Crippen LogP contribution >= 0.6 is 15.9 Å². The molecule has 88 valence electrons. The minimum atomic E-state index is -1.03. The Labute approximate surface area is 106 Å². The molecule has 0 aliphatic heterocycles. The first-order chi connectivity index (χ1) is 8.00. The van der Waals surface area contributed by atoms with Crippen LogP contribution in [0.25, 0.3) is 11.3 Å². The van der Waals surface area contributed by atoms with Crippen LogP contribution in [-0.4, -0.2) is 15.6 Å². The molecule has 0 atom stereocenters. The predicted molar refractivity (Wildman–Crippen MR) is 65.5 cm³/mol. The van der Waals surface area contributed by atoms with Gasteiger partial charge in [-0.05, 0) is 30.3 Å². The second kappa shape index (κ2) is 4.33. The highest BCUT2D eigenvalue weighted by Crippen LogP contribution is 2.27. The van der Waals surface area contributed by atoms with Gasteiger partial charge in [-0.25, -0.2) is 9.18 Å². The Balaban J connectivity index is 2.61. The Bertz CT molecular complexity index is 592. The molecule has 0 aliphatic carbocycles. The lowest BCUT2D eigenvalue weighted by Gasteiger charge is -2.07. The zero-order valence-electron chi connectivity index (χ0n) is 8.95. The van der Waals surface area contributed by atoms with Crippen molar-refractivity contribution in [2.24, 2.45) is 7.05 Å². The number of benzene rings is 1. The second-order valence-corrected chi connectivity index (χ2v) is 4.51. The zero-order valence-corrected chi connectivity index (χ0v) is 10.5. The Hall–Kier alpha value is -1.62. The van der Waals surface area contributed by atoms with Crippen molar-refractivity contribution in [3.8, 4) is 11.3 Å². The van der Waals surface area contributed by atoms with Crippen LogP contribution in [-0.2, 0) is 7.05 Å². The summed E-state index contributed by atoms with van der Waals surface area (Å²) in [5, 5.41) is 8.93. The summed E-state index contributed by atoms with van der Waals surface area (Å²) >= 11 is 3.26. The molecule has 0 saturated carbocycles. The Morgan fingerprint density at radius 3 is 2.65 bits per heavy atom. The third kappa shape index (κ3) is 2.10. The zero-order chi connectivity index (χ0) is 12.6. The summed E-state index contributed by atoms with van der Waals surface area (Å²) in [6, 6.07) is 7.61. The average Bonchev–Trinajstić information content (AvgIpc) is 2.64. The van der Waals surface area contributed by atoms with Crippen molar-refractivity contribution < 1.29 is 14.3 Å². The number of nitrogens with zero attached hydrogens (tertiary/aromatic N) is 1. The lowest BCUT2D eigenvalue weighted by atomic mass is 10.1. The van der Waals surface area contributed by atoms with Crippen molar-refractivity contribution in [1.29, 1.82) is 0 Å². The quantitative estimate of drug-likeness (QED) is 0.924. The fraction of sp³-hybridized carbons (Fsp3) is 0.0833. The van der Waals surface area contributed by atoms with Gasteiger partial charge in [-0.15, -0.1) is 0 Å². The standard InChI is InChI=1S/C12H9BrFNO2/c1-15-10(4-5-11(15)12(16)17)8-6-7(13)2-3-9(8)14/h2-6H,1H3,(H,16,17). The van der Waals surface area contributed by atoms with Gasteiger partial charge in [0.1, 0.15) is 11.5 Å².